The third-order valence-electron chi connectivity index (χ3n) is 9.82. The quantitative estimate of drug-likeness (QED) is 0.640. The molecule has 2 heterocycles. The maximum absolute atomic E-state index is 10.3. The van der Waals surface area contributed by atoms with Gasteiger partial charge in [0.05, 0.1) is 13.2 Å². The van der Waals surface area contributed by atoms with Crippen LogP contribution >= 0.6 is 0 Å². The molecule has 0 radical (unpaired) electrons. The Morgan fingerprint density at radius 2 is 1.84 bits per heavy atom. The topological polar surface area (TPSA) is 55.2 Å². The molecule has 6 atom stereocenters. The van der Waals surface area contributed by atoms with Crippen molar-refractivity contribution in [2.45, 2.75) is 77.2 Å². The van der Waals surface area contributed by atoms with E-state index >= 15 is 0 Å². The predicted molar refractivity (Wildman–Crippen MR) is 122 cm³/mol. The van der Waals surface area contributed by atoms with Gasteiger partial charge in [-0.25, -0.2) is 4.98 Å². The highest BCUT2D eigenvalue weighted by molar-refractivity contribution is 5.81. The number of fused-ring (bicyclic) bond motifs is 8. The van der Waals surface area contributed by atoms with E-state index in [-0.39, 0.29) is 16.9 Å². The molecule has 2 aromatic rings. The number of pyridine rings is 2. The van der Waals surface area contributed by atoms with Crippen molar-refractivity contribution in [3.05, 3.63) is 40.6 Å². The van der Waals surface area contributed by atoms with Crippen molar-refractivity contribution in [1.29, 1.82) is 0 Å². The van der Waals surface area contributed by atoms with E-state index in [9.17, 15) is 5.11 Å². The minimum atomic E-state index is -0.135. The van der Waals surface area contributed by atoms with E-state index in [4.69, 9.17) is 9.72 Å². The molecule has 4 heteroatoms. The molecule has 6 rings (SSSR count). The number of aryl methyl sites for hydroxylation is 1. The van der Waals surface area contributed by atoms with Crippen molar-refractivity contribution < 1.29 is 9.84 Å². The molecule has 31 heavy (non-hydrogen) atoms. The van der Waals surface area contributed by atoms with Crippen molar-refractivity contribution in [3.63, 3.8) is 0 Å². The number of aliphatic hydroxyl groups excluding tert-OH is 1. The summed E-state index contributed by atoms with van der Waals surface area (Å²) in [6.45, 7) is 7.29. The fraction of sp³-hybridized carbons (Fsp3) is 0.630. The molecule has 4 aliphatic rings. The number of allylic oxidation sites excluding steroid dienone is 1. The Bertz CT molecular complexity index is 1110. The highest BCUT2D eigenvalue weighted by atomic mass is 16.5. The molecule has 0 spiro atoms. The second-order valence-electron chi connectivity index (χ2n) is 11.1. The molecule has 2 saturated carbocycles. The van der Waals surface area contributed by atoms with Crippen LogP contribution in [0, 0.1) is 30.1 Å². The lowest BCUT2D eigenvalue weighted by Crippen LogP contribution is -2.51. The number of hydrogen-bond acceptors (Lipinski definition) is 4. The first kappa shape index (κ1) is 19.7. The maximum Gasteiger partial charge on any atom is 0.215 e. The van der Waals surface area contributed by atoms with Crippen molar-refractivity contribution in [2.24, 2.45) is 23.2 Å². The van der Waals surface area contributed by atoms with Gasteiger partial charge in [0.1, 0.15) is 0 Å². The SMILES string of the molecule is COc1ccc2c(C)c3c(nc2n1)C[C@H]1[C@@H]2CC=C4C[C@@H](O)CC[C@]4(C)[C@H]2CC[C@]31C. The molecule has 4 aliphatic carbocycles. The lowest BCUT2D eigenvalue weighted by molar-refractivity contribution is -0.0164. The molecule has 2 aromatic heterocycles. The van der Waals surface area contributed by atoms with Crippen LogP contribution in [0.3, 0.4) is 0 Å². The lowest BCUT2D eigenvalue weighted by atomic mass is 9.47. The average Bonchev–Trinajstić information content (AvgIpc) is 3.06. The zero-order chi connectivity index (χ0) is 21.5. The van der Waals surface area contributed by atoms with E-state index in [1.54, 1.807) is 12.7 Å². The standard InChI is InChI=1S/C27H34N2O2/c1-15-18-7-8-23(31-4)29-25(18)28-22-14-21-19-6-5-16-13-17(30)9-11-26(16,2)20(19)10-12-27(21,3)24(15)22/h5,7-8,17,19-21,30H,6,9-14H2,1-4H3/t17-,19+,20-,21-,26-,27-/m0/s1. The summed E-state index contributed by atoms with van der Waals surface area (Å²) in [6, 6.07) is 4.09. The smallest absolute Gasteiger partial charge is 0.215 e. The number of aliphatic hydroxyl groups is 1. The number of hydrogen-bond donors (Lipinski definition) is 1. The predicted octanol–water partition coefficient (Wildman–Crippen LogP) is 5.28. The van der Waals surface area contributed by atoms with Crippen LogP contribution in [0.15, 0.2) is 23.8 Å². The summed E-state index contributed by atoms with van der Waals surface area (Å²) in [4.78, 5) is 9.76. The van der Waals surface area contributed by atoms with Gasteiger partial charge in [0.2, 0.25) is 5.88 Å². The fourth-order valence-electron chi connectivity index (χ4n) is 8.22. The second kappa shape index (κ2) is 6.54. The first-order chi connectivity index (χ1) is 14.8. The van der Waals surface area contributed by atoms with Crippen LogP contribution < -0.4 is 4.74 Å². The Morgan fingerprint density at radius 1 is 1.03 bits per heavy atom. The molecule has 0 bridgehead atoms. The Morgan fingerprint density at radius 3 is 2.65 bits per heavy atom. The van der Waals surface area contributed by atoms with Gasteiger partial charge >= 0.3 is 0 Å². The summed E-state index contributed by atoms with van der Waals surface area (Å²) in [7, 11) is 1.67. The van der Waals surface area contributed by atoms with E-state index in [0.717, 1.165) is 37.2 Å². The first-order valence-electron chi connectivity index (χ1n) is 12.1. The van der Waals surface area contributed by atoms with E-state index in [0.29, 0.717) is 17.7 Å². The molecule has 1 N–H and O–H groups in total. The first-order valence-corrected chi connectivity index (χ1v) is 12.1. The minimum absolute atomic E-state index is 0.135. The zero-order valence-corrected chi connectivity index (χ0v) is 19.2. The molecule has 0 unspecified atom stereocenters. The van der Waals surface area contributed by atoms with E-state index < -0.39 is 0 Å². The molecule has 0 aliphatic heterocycles. The summed E-state index contributed by atoms with van der Waals surface area (Å²) < 4.78 is 5.36. The third kappa shape index (κ3) is 2.57. The summed E-state index contributed by atoms with van der Waals surface area (Å²) >= 11 is 0. The molecule has 0 aromatic carbocycles. The normalized spacial score (nSPS) is 38.7. The maximum atomic E-state index is 10.3. The largest absolute Gasteiger partial charge is 0.481 e. The number of nitrogens with zero attached hydrogens (tertiary/aromatic N) is 2. The van der Waals surface area contributed by atoms with Gasteiger partial charge in [-0.05, 0) is 97.6 Å². The van der Waals surface area contributed by atoms with Crippen molar-refractivity contribution in [2.75, 3.05) is 7.11 Å². The number of ether oxygens (including phenoxy) is 1. The van der Waals surface area contributed by atoms with Gasteiger partial charge in [0.15, 0.2) is 5.65 Å². The van der Waals surface area contributed by atoms with Gasteiger partial charge in [-0.1, -0.05) is 25.5 Å². The van der Waals surface area contributed by atoms with Gasteiger partial charge in [-0.2, -0.15) is 4.98 Å². The number of methoxy groups -OCH3 is 1. The van der Waals surface area contributed by atoms with Gasteiger partial charge in [-0.3, -0.25) is 0 Å². The monoisotopic (exact) mass is 418 g/mol. The van der Waals surface area contributed by atoms with Crippen LogP contribution in [-0.2, 0) is 11.8 Å². The Balaban J connectivity index is 1.44. The van der Waals surface area contributed by atoms with Crippen LogP contribution in [0.2, 0.25) is 0 Å². The molecular weight excluding hydrogens is 384 g/mol. The molecule has 0 amide bonds. The summed E-state index contributed by atoms with van der Waals surface area (Å²) in [5, 5.41) is 11.4. The summed E-state index contributed by atoms with van der Waals surface area (Å²) in [5.41, 5.74) is 7.01. The van der Waals surface area contributed by atoms with Crippen LogP contribution in [0.4, 0.5) is 0 Å². The van der Waals surface area contributed by atoms with E-state index in [2.05, 4.69) is 37.9 Å². The van der Waals surface area contributed by atoms with Crippen LogP contribution in [0.5, 0.6) is 5.88 Å². The fourth-order valence-corrected chi connectivity index (χ4v) is 8.22. The van der Waals surface area contributed by atoms with Gasteiger partial charge < -0.3 is 9.84 Å². The second-order valence-corrected chi connectivity index (χ2v) is 11.1. The van der Waals surface area contributed by atoms with E-state index in [1.807, 2.05) is 6.07 Å². The van der Waals surface area contributed by atoms with Crippen LogP contribution in [-0.4, -0.2) is 28.3 Å². The van der Waals surface area contributed by atoms with Crippen molar-refractivity contribution in [3.8, 4) is 5.88 Å². The summed E-state index contributed by atoms with van der Waals surface area (Å²) in [5.74, 6) is 2.73. The minimum Gasteiger partial charge on any atom is -0.481 e. The average molecular weight is 419 g/mol. The van der Waals surface area contributed by atoms with Crippen LogP contribution in [0.1, 0.15) is 69.2 Å². The molecule has 4 nitrogen and oxygen atoms in total. The number of rotatable bonds is 1. The number of aromatic nitrogens is 2. The van der Waals surface area contributed by atoms with Crippen LogP contribution in [0.25, 0.3) is 11.0 Å². The lowest BCUT2D eigenvalue weighted by Gasteiger charge is -2.57. The zero-order valence-electron chi connectivity index (χ0n) is 19.2. The molecule has 2 fully saturated rings. The molecular formula is C27H34N2O2. The third-order valence-corrected chi connectivity index (χ3v) is 9.82. The highest BCUT2D eigenvalue weighted by Gasteiger charge is 2.58. The highest BCUT2D eigenvalue weighted by Crippen LogP contribution is 2.64. The Hall–Kier alpha value is -1.94. The van der Waals surface area contributed by atoms with Gasteiger partial charge in [-0.15, -0.1) is 0 Å². The molecule has 0 saturated heterocycles. The Labute approximate surface area is 185 Å². The van der Waals surface area contributed by atoms with Gasteiger partial charge in [0.25, 0.3) is 0 Å². The van der Waals surface area contributed by atoms with Gasteiger partial charge in [0, 0.05) is 17.1 Å². The summed E-state index contributed by atoms with van der Waals surface area (Å²) in [6.07, 6.45) is 10.1. The van der Waals surface area contributed by atoms with Crippen molar-refractivity contribution in [1.82, 2.24) is 9.97 Å². The van der Waals surface area contributed by atoms with E-state index in [1.165, 1.54) is 41.5 Å². The van der Waals surface area contributed by atoms with Crippen molar-refractivity contribution >= 4 is 11.0 Å². The Kier molecular flexibility index (Phi) is 4.16. The molecule has 164 valence electrons.